The summed E-state index contributed by atoms with van der Waals surface area (Å²) in [5.74, 6) is 0.854. The van der Waals surface area contributed by atoms with Gasteiger partial charge in [-0.05, 0) is 53.0 Å². The van der Waals surface area contributed by atoms with E-state index in [1.165, 1.54) is 0 Å². The zero-order valence-electron chi connectivity index (χ0n) is 9.99. The van der Waals surface area contributed by atoms with Crippen LogP contribution in [0.4, 0.5) is 5.82 Å². The molecule has 0 fully saturated rings. The number of aryl methyl sites for hydroxylation is 1. The summed E-state index contributed by atoms with van der Waals surface area (Å²) in [6.07, 6.45) is 1.10. The number of aromatic nitrogens is 2. The van der Waals surface area contributed by atoms with Gasteiger partial charge >= 0.3 is 0 Å². The second kappa shape index (κ2) is 5.66. The molecule has 1 rings (SSSR count). The largest absolute Gasteiger partial charge is 0.366 e. The fourth-order valence-electron chi connectivity index (χ4n) is 1.25. The van der Waals surface area contributed by atoms with Gasteiger partial charge in [0.1, 0.15) is 5.82 Å². The molecule has 1 aromatic heterocycles. The molecule has 0 bridgehead atoms. The number of rotatable bonds is 5. The number of anilines is 1. The van der Waals surface area contributed by atoms with Crippen molar-refractivity contribution < 1.29 is 0 Å². The van der Waals surface area contributed by atoms with Crippen molar-refractivity contribution in [1.82, 2.24) is 15.1 Å². The molecule has 0 aliphatic heterocycles. The van der Waals surface area contributed by atoms with Crippen LogP contribution in [0.1, 0.15) is 19.0 Å². The first-order valence-electron chi connectivity index (χ1n) is 5.29. The standard InChI is InChI=1S/C11H20N4/c1-9(7-8-15(3)4)12-11-6-5-10(2)13-14-11/h5-6,9H,7-8H2,1-4H3,(H,12,14). The Kier molecular flexibility index (Phi) is 4.49. The fourth-order valence-corrected chi connectivity index (χ4v) is 1.25. The zero-order chi connectivity index (χ0) is 11.3. The van der Waals surface area contributed by atoms with Crippen molar-refractivity contribution >= 4 is 5.82 Å². The van der Waals surface area contributed by atoms with Gasteiger partial charge in [-0.1, -0.05) is 0 Å². The molecule has 0 spiro atoms. The number of hydrogen-bond donors (Lipinski definition) is 1. The van der Waals surface area contributed by atoms with Gasteiger partial charge < -0.3 is 10.2 Å². The molecule has 1 atom stereocenters. The van der Waals surface area contributed by atoms with Crippen molar-refractivity contribution in [2.45, 2.75) is 26.3 Å². The molecule has 1 N–H and O–H groups in total. The van der Waals surface area contributed by atoms with Gasteiger partial charge in [0.15, 0.2) is 0 Å². The Morgan fingerprint density at radius 1 is 1.33 bits per heavy atom. The van der Waals surface area contributed by atoms with E-state index >= 15 is 0 Å². The molecule has 0 aliphatic carbocycles. The lowest BCUT2D eigenvalue weighted by Gasteiger charge is -2.16. The Bertz CT molecular complexity index is 281. The second-order valence-electron chi connectivity index (χ2n) is 4.20. The van der Waals surface area contributed by atoms with E-state index in [2.05, 4.69) is 41.4 Å². The molecule has 0 aromatic carbocycles. The number of nitrogens with one attached hydrogen (secondary N) is 1. The van der Waals surface area contributed by atoms with E-state index in [0.29, 0.717) is 6.04 Å². The van der Waals surface area contributed by atoms with Crippen LogP contribution in [0.25, 0.3) is 0 Å². The SMILES string of the molecule is Cc1ccc(NC(C)CCN(C)C)nn1. The summed E-state index contributed by atoms with van der Waals surface area (Å²) in [6.45, 7) is 5.17. The van der Waals surface area contributed by atoms with Crippen molar-refractivity contribution in [2.75, 3.05) is 26.0 Å². The normalized spacial score (nSPS) is 12.9. The highest BCUT2D eigenvalue weighted by molar-refractivity contribution is 5.33. The van der Waals surface area contributed by atoms with Gasteiger partial charge in [0, 0.05) is 6.04 Å². The third-order valence-corrected chi connectivity index (χ3v) is 2.20. The van der Waals surface area contributed by atoms with Gasteiger partial charge in [0.25, 0.3) is 0 Å². The summed E-state index contributed by atoms with van der Waals surface area (Å²) in [5.41, 5.74) is 0.946. The van der Waals surface area contributed by atoms with E-state index in [-0.39, 0.29) is 0 Å². The van der Waals surface area contributed by atoms with Crippen molar-refractivity contribution in [3.8, 4) is 0 Å². The van der Waals surface area contributed by atoms with Crippen LogP contribution in [0, 0.1) is 6.92 Å². The van der Waals surface area contributed by atoms with E-state index in [0.717, 1.165) is 24.5 Å². The van der Waals surface area contributed by atoms with Gasteiger partial charge in [-0.25, -0.2) is 0 Å². The summed E-state index contributed by atoms with van der Waals surface area (Å²) >= 11 is 0. The predicted molar refractivity (Wildman–Crippen MR) is 63.0 cm³/mol. The summed E-state index contributed by atoms with van der Waals surface area (Å²) in [7, 11) is 4.16. The molecular weight excluding hydrogens is 188 g/mol. The Balaban J connectivity index is 2.37. The lowest BCUT2D eigenvalue weighted by Crippen LogP contribution is -2.23. The maximum Gasteiger partial charge on any atom is 0.148 e. The molecule has 15 heavy (non-hydrogen) atoms. The molecule has 0 aliphatic rings. The monoisotopic (exact) mass is 208 g/mol. The third kappa shape index (κ3) is 4.74. The second-order valence-corrected chi connectivity index (χ2v) is 4.20. The average Bonchev–Trinajstić information content (AvgIpc) is 2.19. The van der Waals surface area contributed by atoms with Crippen LogP contribution >= 0.6 is 0 Å². The third-order valence-electron chi connectivity index (χ3n) is 2.20. The minimum absolute atomic E-state index is 0.421. The summed E-state index contributed by atoms with van der Waals surface area (Å²) in [6, 6.07) is 4.35. The zero-order valence-corrected chi connectivity index (χ0v) is 9.99. The average molecular weight is 208 g/mol. The van der Waals surface area contributed by atoms with E-state index in [1.807, 2.05) is 19.1 Å². The molecule has 4 heteroatoms. The minimum atomic E-state index is 0.421. The molecule has 4 nitrogen and oxygen atoms in total. The molecule has 1 aromatic rings. The highest BCUT2D eigenvalue weighted by Crippen LogP contribution is 2.05. The lowest BCUT2D eigenvalue weighted by atomic mass is 10.2. The first kappa shape index (κ1) is 11.9. The Labute approximate surface area is 91.7 Å². The van der Waals surface area contributed by atoms with Gasteiger partial charge in [0.05, 0.1) is 5.69 Å². The summed E-state index contributed by atoms with van der Waals surface area (Å²) in [5, 5.41) is 11.4. The van der Waals surface area contributed by atoms with Crippen molar-refractivity contribution in [3.05, 3.63) is 17.8 Å². The highest BCUT2D eigenvalue weighted by atomic mass is 15.2. The minimum Gasteiger partial charge on any atom is -0.366 e. The van der Waals surface area contributed by atoms with Gasteiger partial charge in [0.2, 0.25) is 0 Å². The van der Waals surface area contributed by atoms with Crippen LogP contribution in [-0.2, 0) is 0 Å². The molecule has 0 radical (unpaired) electrons. The molecule has 1 heterocycles. The van der Waals surface area contributed by atoms with Crippen LogP contribution in [0.5, 0.6) is 0 Å². The number of nitrogens with zero attached hydrogens (tertiary/aromatic N) is 3. The molecule has 84 valence electrons. The highest BCUT2D eigenvalue weighted by Gasteiger charge is 2.03. The van der Waals surface area contributed by atoms with Crippen molar-refractivity contribution in [3.63, 3.8) is 0 Å². The predicted octanol–water partition coefficient (Wildman–Crippen LogP) is 1.54. The van der Waals surface area contributed by atoms with E-state index in [1.54, 1.807) is 0 Å². The quantitative estimate of drug-likeness (QED) is 0.797. The molecular formula is C11H20N4. The van der Waals surface area contributed by atoms with Gasteiger partial charge in [-0.3, -0.25) is 0 Å². The lowest BCUT2D eigenvalue weighted by molar-refractivity contribution is 0.390. The van der Waals surface area contributed by atoms with Crippen LogP contribution in [0.15, 0.2) is 12.1 Å². The maximum atomic E-state index is 4.07. The first-order chi connectivity index (χ1) is 7.08. The Hall–Kier alpha value is -1.16. The van der Waals surface area contributed by atoms with E-state index in [9.17, 15) is 0 Å². The molecule has 0 amide bonds. The van der Waals surface area contributed by atoms with E-state index < -0.39 is 0 Å². The van der Waals surface area contributed by atoms with Crippen molar-refractivity contribution in [1.29, 1.82) is 0 Å². The summed E-state index contributed by atoms with van der Waals surface area (Å²) < 4.78 is 0. The summed E-state index contributed by atoms with van der Waals surface area (Å²) in [4.78, 5) is 2.18. The Morgan fingerprint density at radius 3 is 2.60 bits per heavy atom. The van der Waals surface area contributed by atoms with Crippen molar-refractivity contribution in [2.24, 2.45) is 0 Å². The van der Waals surface area contributed by atoms with Gasteiger partial charge in [-0.2, -0.15) is 5.10 Å². The van der Waals surface area contributed by atoms with E-state index in [4.69, 9.17) is 0 Å². The number of hydrogen-bond acceptors (Lipinski definition) is 4. The smallest absolute Gasteiger partial charge is 0.148 e. The Morgan fingerprint density at radius 2 is 2.07 bits per heavy atom. The van der Waals surface area contributed by atoms with Crippen LogP contribution in [0.2, 0.25) is 0 Å². The van der Waals surface area contributed by atoms with Crippen LogP contribution in [0.3, 0.4) is 0 Å². The van der Waals surface area contributed by atoms with Gasteiger partial charge in [-0.15, -0.1) is 5.10 Å². The maximum absolute atomic E-state index is 4.07. The van der Waals surface area contributed by atoms with Crippen LogP contribution < -0.4 is 5.32 Å². The fraction of sp³-hybridized carbons (Fsp3) is 0.636. The molecule has 0 saturated heterocycles. The molecule has 0 saturated carbocycles. The topological polar surface area (TPSA) is 41.0 Å². The first-order valence-corrected chi connectivity index (χ1v) is 5.29. The van der Waals surface area contributed by atoms with Crippen LogP contribution in [-0.4, -0.2) is 41.8 Å². The molecule has 1 unspecified atom stereocenters.